The molecule has 1 nitrogen and oxygen atoms in total. The topological polar surface area (TPSA) is 9.23 Å². The number of rotatable bonds is 7. The lowest BCUT2D eigenvalue weighted by Crippen LogP contribution is -2.17. The molecular formula is C10H22OSi. The van der Waals surface area contributed by atoms with E-state index in [1.54, 1.807) is 0 Å². The van der Waals surface area contributed by atoms with Gasteiger partial charge < -0.3 is 4.43 Å². The van der Waals surface area contributed by atoms with Crippen LogP contribution in [-0.4, -0.2) is 15.1 Å². The highest BCUT2D eigenvalue weighted by atomic mass is 28.3. The van der Waals surface area contributed by atoms with E-state index in [1.165, 1.54) is 19.3 Å². The minimum absolute atomic E-state index is 0.474. The summed E-state index contributed by atoms with van der Waals surface area (Å²) in [5, 5.41) is 0. The van der Waals surface area contributed by atoms with Gasteiger partial charge in [0.2, 0.25) is 0 Å². The summed E-state index contributed by atoms with van der Waals surface area (Å²) >= 11 is 0. The van der Waals surface area contributed by atoms with E-state index >= 15 is 0 Å². The first-order chi connectivity index (χ1) is 5.66. The zero-order valence-corrected chi connectivity index (χ0v) is 9.83. The summed E-state index contributed by atoms with van der Waals surface area (Å²) < 4.78 is 5.74. The number of unbranched alkanes of at least 4 members (excludes halogenated alkanes) is 2. The van der Waals surface area contributed by atoms with E-state index in [0.29, 0.717) is 6.10 Å². The SMILES string of the molecule is C=CCCCCC(C)O[SiH](C)C. The average molecular weight is 186 g/mol. The Morgan fingerprint density at radius 1 is 1.42 bits per heavy atom. The summed E-state index contributed by atoms with van der Waals surface area (Å²) in [6.07, 6.45) is 7.35. The van der Waals surface area contributed by atoms with Crippen molar-refractivity contribution in [1.29, 1.82) is 0 Å². The van der Waals surface area contributed by atoms with Crippen molar-refractivity contribution < 1.29 is 4.43 Å². The number of allylic oxidation sites excluding steroid dienone is 1. The van der Waals surface area contributed by atoms with E-state index in [1.807, 2.05) is 6.08 Å². The Kier molecular flexibility index (Phi) is 7.51. The van der Waals surface area contributed by atoms with Crippen LogP contribution in [0.1, 0.15) is 32.6 Å². The van der Waals surface area contributed by atoms with Gasteiger partial charge in [0.15, 0.2) is 9.04 Å². The number of hydrogen-bond donors (Lipinski definition) is 0. The predicted molar refractivity (Wildman–Crippen MR) is 58.1 cm³/mol. The van der Waals surface area contributed by atoms with Crippen molar-refractivity contribution in [3.63, 3.8) is 0 Å². The molecule has 0 saturated carbocycles. The maximum Gasteiger partial charge on any atom is 0.171 e. The Labute approximate surface area is 78.5 Å². The first-order valence-electron chi connectivity index (χ1n) is 4.93. The molecule has 0 fully saturated rings. The number of hydrogen-bond acceptors (Lipinski definition) is 1. The van der Waals surface area contributed by atoms with E-state index in [9.17, 15) is 0 Å². The van der Waals surface area contributed by atoms with E-state index in [0.717, 1.165) is 6.42 Å². The molecule has 0 aromatic heterocycles. The third-order valence-corrected chi connectivity index (χ3v) is 2.78. The molecule has 0 N–H and O–H groups in total. The van der Waals surface area contributed by atoms with Crippen molar-refractivity contribution in [2.24, 2.45) is 0 Å². The molecule has 0 radical (unpaired) electrons. The van der Waals surface area contributed by atoms with E-state index in [2.05, 4.69) is 26.6 Å². The molecule has 12 heavy (non-hydrogen) atoms. The van der Waals surface area contributed by atoms with E-state index in [-0.39, 0.29) is 0 Å². The minimum atomic E-state index is -0.807. The van der Waals surface area contributed by atoms with Crippen LogP contribution in [0.4, 0.5) is 0 Å². The van der Waals surface area contributed by atoms with Gasteiger partial charge in [0.1, 0.15) is 0 Å². The highest BCUT2D eigenvalue weighted by molar-refractivity contribution is 6.48. The van der Waals surface area contributed by atoms with Crippen LogP contribution in [0.25, 0.3) is 0 Å². The van der Waals surface area contributed by atoms with Gasteiger partial charge in [-0.2, -0.15) is 0 Å². The van der Waals surface area contributed by atoms with Crippen LogP contribution in [-0.2, 0) is 4.43 Å². The fourth-order valence-corrected chi connectivity index (χ4v) is 2.32. The third-order valence-electron chi connectivity index (χ3n) is 1.77. The zero-order valence-electron chi connectivity index (χ0n) is 8.68. The second kappa shape index (κ2) is 7.56. The Morgan fingerprint density at radius 3 is 2.58 bits per heavy atom. The quantitative estimate of drug-likeness (QED) is 0.337. The fourth-order valence-electron chi connectivity index (χ4n) is 1.25. The van der Waals surface area contributed by atoms with Crippen molar-refractivity contribution in [2.45, 2.75) is 51.8 Å². The van der Waals surface area contributed by atoms with Crippen LogP contribution in [0.2, 0.25) is 13.1 Å². The molecule has 0 amide bonds. The van der Waals surface area contributed by atoms with Gasteiger partial charge >= 0.3 is 0 Å². The van der Waals surface area contributed by atoms with Crippen LogP contribution in [0.15, 0.2) is 12.7 Å². The maximum atomic E-state index is 5.74. The molecule has 0 aromatic carbocycles. The van der Waals surface area contributed by atoms with Crippen molar-refractivity contribution in [3.05, 3.63) is 12.7 Å². The highest BCUT2D eigenvalue weighted by Crippen LogP contribution is 2.07. The molecule has 2 heteroatoms. The lowest BCUT2D eigenvalue weighted by molar-refractivity contribution is 0.210. The van der Waals surface area contributed by atoms with E-state index in [4.69, 9.17) is 4.43 Å². The zero-order chi connectivity index (χ0) is 9.40. The Morgan fingerprint density at radius 2 is 2.08 bits per heavy atom. The van der Waals surface area contributed by atoms with E-state index < -0.39 is 9.04 Å². The van der Waals surface area contributed by atoms with Crippen LogP contribution in [0.3, 0.4) is 0 Å². The lowest BCUT2D eigenvalue weighted by atomic mass is 10.1. The van der Waals surface area contributed by atoms with Crippen LogP contribution in [0, 0.1) is 0 Å². The van der Waals surface area contributed by atoms with Gasteiger partial charge in [0, 0.05) is 6.10 Å². The molecule has 72 valence electrons. The van der Waals surface area contributed by atoms with Gasteiger partial charge in [-0.25, -0.2) is 0 Å². The van der Waals surface area contributed by atoms with Crippen molar-refractivity contribution in [3.8, 4) is 0 Å². The molecule has 0 bridgehead atoms. The Bertz CT molecular complexity index is 112. The molecule has 0 saturated heterocycles. The molecular weight excluding hydrogens is 164 g/mol. The van der Waals surface area contributed by atoms with Gasteiger partial charge in [0.05, 0.1) is 0 Å². The van der Waals surface area contributed by atoms with Crippen molar-refractivity contribution >= 4 is 9.04 Å². The maximum absolute atomic E-state index is 5.74. The van der Waals surface area contributed by atoms with Gasteiger partial charge in [-0.05, 0) is 39.3 Å². The van der Waals surface area contributed by atoms with Crippen LogP contribution in [0.5, 0.6) is 0 Å². The molecule has 0 aliphatic rings. The van der Waals surface area contributed by atoms with Crippen molar-refractivity contribution in [1.82, 2.24) is 0 Å². The summed E-state index contributed by atoms with van der Waals surface area (Å²) in [5.41, 5.74) is 0. The van der Waals surface area contributed by atoms with Crippen LogP contribution >= 0.6 is 0 Å². The Hall–Kier alpha value is -0.0831. The lowest BCUT2D eigenvalue weighted by Gasteiger charge is -2.15. The van der Waals surface area contributed by atoms with Crippen LogP contribution < -0.4 is 0 Å². The molecule has 0 spiro atoms. The first-order valence-corrected chi connectivity index (χ1v) is 7.71. The first kappa shape index (κ1) is 11.9. The summed E-state index contributed by atoms with van der Waals surface area (Å²) in [5.74, 6) is 0. The second-order valence-corrected chi connectivity index (χ2v) is 5.94. The molecule has 0 heterocycles. The second-order valence-electron chi connectivity index (χ2n) is 3.57. The Balaban J connectivity index is 3.19. The van der Waals surface area contributed by atoms with Gasteiger partial charge in [0.25, 0.3) is 0 Å². The monoisotopic (exact) mass is 186 g/mol. The summed E-state index contributed by atoms with van der Waals surface area (Å²) in [6.45, 7) is 10.3. The standard InChI is InChI=1S/C10H22OSi/c1-5-6-7-8-9-10(2)11-12(3)4/h5,10,12H,1,6-9H2,2-4H3. The molecule has 0 rings (SSSR count). The molecule has 1 unspecified atom stereocenters. The third kappa shape index (κ3) is 8.02. The fraction of sp³-hybridized carbons (Fsp3) is 0.800. The highest BCUT2D eigenvalue weighted by Gasteiger charge is 2.03. The molecule has 1 atom stereocenters. The largest absolute Gasteiger partial charge is 0.418 e. The normalized spacial score (nSPS) is 13.3. The van der Waals surface area contributed by atoms with Gasteiger partial charge in [-0.15, -0.1) is 6.58 Å². The van der Waals surface area contributed by atoms with Gasteiger partial charge in [-0.1, -0.05) is 12.5 Å². The summed E-state index contributed by atoms with van der Waals surface area (Å²) in [6, 6.07) is 0. The molecule has 0 aromatic rings. The summed E-state index contributed by atoms with van der Waals surface area (Å²) in [7, 11) is -0.807. The average Bonchev–Trinajstić information content (AvgIpc) is 1.97. The van der Waals surface area contributed by atoms with Gasteiger partial charge in [-0.3, -0.25) is 0 Å². The molecule has 0 aliphatic carbocycles. The minimum Gasteiger partial charge on any atom is -0.418 e. The predicted octanol–water partition coefficient (Wildman–Crippen LogP) is 3.12. The smallest absolute Gasteiger partial charge is 0.171 e. The summed E-state index contributed by atoms with van der Waals surface area (Å²) in [4.78, 5) is 0. The molecule has 0 aliphatic heterocycles. The van der Waals surface area contributed by atoms with Crippen molar-refractivity contribution in [2.75, 3.05) is 0 Å².